The molecule has 5 rings (SSSR count). The minimum atomic E-state index is -4.55. The first-order valence-corrected chi connectivity index (χ1v) is 10.2. The molecule has 3 aromatic heterocycles. The van der Waals surface area contributed by atoms with Crippen molar-refractivity contribution in [3.8, 4) is 11.3 Å². The average molecular weight is 442 g/mol. The molecule has 1 aliphatic heterocycles. The van der Waals surface area contributed by atoms with E-state index in [2.05, 4.69) is 26.9 Å². The summed E-state index contributed by atoms with van der Waals surface area (Å²) in [6.07, 6.45) is -3.43. The Hall–Kier alpha value is -3.40. The predicted octanol–water partition coefficient (Wildman–Crippen LogP) is 3.02. The summed E-state index contributed by atoms with van der Waals surface area (Å²) in [4.78, 5) is 20.9. The van der Waals surface area contributed by atoms with Gasteiger partial charge in [0.05, 0.1) is 16.6 Å². The third kappa shape index (κ3) is 3.40. The van der Waals surface area contributed by atoms with E-state index in [-0.39, 0.29) is 11.1 Å². The highest BCUT2D eigenvalue weighted by molar-refractivity contribution is 5.85. The Morgan fingerprint density at radius 2 is 1.72 bits per heavy atom. The van der Waals surface area contributed by atoms with Gasteiger partial charge in [-0.05, 0) is 37.4 Å². The molecule has 4 aromatic rings. The molecule has 166 valence electrons. The second-order valence-corrected chi connectivity index (χ2v) is 8.08. The molecule has 1 aromatic carbocycles. The van der Waals surface area contributed by atoms with Gasteiger partial charge in [-0.1, -0.05) is 0 Å². The number of alkyl halides is 3. The van der Waals surface area contributed by atoms with E-state index in [0.717, 1.165) is 44.1 Å². The Balaban J connectivity index is 1.68. The summed E-state index contributed by atoms with van der Waals surface area (Å²) in [6.45, 7) is 3.63. The van der Waals surface area contributed by atoms with E-state index in [1.54, 1.807) is 23.7 Å². The van der Waals surface area contributed by atoms with Crippen LogP contribution in [0, 0.1) is 0 Å². The Bertz CT molecular complexity index is 1380. The van der Waals surface area contributed by atoms with E-state index in [4.69, 9.17) is 0 Å². The third-order valence-electron chi connectivity index (χ3n) is 5.99. The lowest BCUT2D eigenvalue weighted by atomic mass is 10.1. The van der Waals surface area contributed by atoms with Crippen LogP contribution in [0.15, 0.2) is 47.4 Å². The minimum absolute atomic E-state index is 0.186. The van der Waals surface area contributed by atoms with Crippen LogP contribution in [0.25, 0.3) is 27.8 Å². The Morgan fingerprint density at radius 1 is 0.969 bits per heavy atom. The van der Waals surface area contributed by atoms with Crippen LogP contribution in [0.1, 0.15) is 5.69 Å². The number of halogens is 3. The number of benzene rings is 1. The summed E-state index contributed by atoms with van der Waals surface area (Å²) < 4.78 is 42.4. The average Bonchev–Trinajstić information content (AvgIpc) is 3.23. The fraction of sp³-hybridized carbons (Fsp3) is 0.318. The van der Waals surface area contributed by atoms with Crippen LogP contribution in [-0.4, -0.2) is 57.3 Å². The molecule has 0 atom stereocenters. The molecule has 32 heavy (non-hydrogen) atoms. The molecular weight excluding hydrogens is 421 g/mol. The first-order chi connectivity index (χ1) is 15.2. The van der Waals surface area contributed by atoms with Crippen molar-refractivity contribution in [3.05, 3.63) is 58.6 Å². The van der Waals surface area contributed by atoms with Crippen molar-refractivity contribution in [1.82, 2.24) is 24.1 Å². The fourth-order valence-corrected chi connectivity index (χ4v) is 4.10. The number of aryl methyl sites for hydroxylation is 1. The Morgan fingerprint density at radius 3 is 2.44 bits per heavy atom. The molecule has 0 amide bonds. The minimum Gasteiger partial charge on any atom is -0.369 e. The Kier molecular flexibility index (Phi) is 4.70. The van der Waals surface area contributed by atoms with Crippen LogP contribution < -0.4 is 10.5 Å². The maximum Gasteiger partial charge on any atom is 0.433 e. The fourth-order valence-electron chi connectivity index (χ4n) is 4.10. The second kappa shape index (κ2) is 7.33. The van der Waals surface area contributed by atoms with Crippen molar-refractivity contribution in [2.45, 2.75) is 6.18 Å². The van der Waals surface area contributed by atoms with Gasteiger partial charge in [0.25, 0.3) is 5.56 Å². The topological polar surface area (TPSA) is 58.7 Å². The summed E-state index contributed by atoms with van der Waals surface area (Å²) in [5.74, 6) is 0. The molecule has 10 heteroatoms. The molecule has 0 N–H and O–H groups in total. The van der Waals surface area contributed by atoms with Crippen LogP contribution in [0.3, 0.4) is 0 Å². The summed E-state index contributed by atoms with van der Waals surface area (Å²) >= 11 is 0. The molecule has 0 radical (unpaired) electrons. The monoisotopic (exact) mass is 442 g/mol. The molecule has 0 aliphatic carbocycles. The van der Waals surface area contributed by atoms with Crippen LogP contribution >= 0.6 is 0 Å². The van der Waals surface area contributed by atoms with Crippen molar-refractivity contribution >= 4 is 22.2 Å². The van der Waals surface area contributed by atoms with Crippen molar-refractivity contribution < 1.29 is 13.2 Å². The summed E-state index contributed by atoms with van der Waals surface area (Å²) in [5, 5.41) is 5.07. The van der Waals surface area contributed by atoms with Crippen molar-refractivity contribution in [1.29, 1.82) is 0 Å². The van der Waals surface area contributed by atoms with Gasteiger partial charge in [0, 0.05) is 56.7 Å². The molecule has 0 saturated carbocycles. The summed E-state index contributed by atoms with van der Waals surface area (Å²) in [5.41, 5.74) is 1.56. The number of anilines is 1. The van der Waals surface area contributed by atoms with Gasteiger partial charge in [0.15, 0.2) is 0 Å². The van der Waals surface area contributed by atoms with Crippen LogP contribution in [0.2, 0.25) is 0 Å². The first kappa shape index (κ1) is 20.5. The molecule has 0 unspecified atom stereocenters. The van der Waals surface area contributed by atoms with E-state index in [9.17, 15) is 18.0 Å². The lowest BCUT2D eigenvalue weighted by Crippen LogP contribution is -2.44. The van der Waals surface area contributed by atoms with E-state index >= 15 is 0 Å². The number of hydrogen-bond donors (Lipinski definition) is 0. The molecule has 0 spiro atoms. The zero-order chi connectivity index (χ0) is 22.6. The predicted molar refractivity (Wildman–Crippen MR) is 116 cm³/mol. The van der Waals surface area contributed by atoms with Crippen LogP contribution in [-0.2, 0) is 13.2 Å². The maximum atomic E-state index is 13.1. The van der Waals surface area contributed by atoms with Gasteiger partial charge in [-0.2, -0.15) is 18.3 Å². The van der Waals surface area contributed by atoms with Crippen molar-refractivity contribution in [3.63, 3.8) is 0 Å². The molecule has 1 fully saturated rings. The number of likely N-dealkylation sites (N-methyl/N-ethyl adjacent to an activating group) is 1. The zero-order valence-electron chi connectivity index (χ0n) is 17.6. The van der Waals surface area contributed by atoms with Gasteiger partial charge < -0.3 is 9.80 Å². The number of hydrogen-bond acceptors (Lipinski definition) is 5. The molecule has 7 nitrogen and oxygen atoms in total. The second-order valence-electron chi connectivity index (χ2n) is 8.08. The highest BCUT2D eigenvalue weighted by Crippen LogP contribution is 2.31. The van der Waals surface area contributed by atoms with E-state index < -0.39 is 11.9 Å². The largest absolute Gasteiger partial charge is 0.433 e. The maximum absolute atomic E-state index is 13.1. The van der Waals surface area contributed by atoms with Gasteiger partial charge in [-0.15, -0.1) is 0 Å². The molecule has 1 saturated heterocycles. The number of nitrogens with zero attached hydrogens (tertiary/aromatic N) is 6. The smallest absolute Gasteiger partial charge is 0.369 e. The lowest BCUT2D eigenvalue weighted by Gasteiger charge is -2.34. The number of piperazine rings is 1. The van der Waals surface area contributed by atoms with E-state index in [0.29, 0.717) is 22.2 Å². The zero-order valence-corrected chi connectivity index (χ0v) is 17.6. The molecule has 0 bridgehead atoms. The van der Waals surface area contributed by atoms with Crippen molar-refractivity contribution in [2.75, 3.05) is 38.1 Å². The summed E-state index contributed by atoms with van der Waals surface area (Å²) in [7, 11) is 3.71. The van der Waals surface area contributed by atoms with Gasteiger partial charge in [0.2, 0.25) is 0 Å². The number of aromatic nitrogens is 4. The molecular formula is C22H21F3N6O. The first-order valence-electron chi connectivity index (χ1n) is 10.2. The standard InChI is InChI=1S/C22H21F3N6O/c1-28-7-9-30(10-8-28)15-3-4-16-18(12-15)31-20(29(2)21(16)32)13-17(27-31)14-5-6-26-19(11-14)22(23,24)25/h3-6,11-13H,7-10H2,1-2H3. The van der Waals surface area contributed by atoms with Gasteiger partial charge in [-0.3, -0.25) is 14.3 Å². The lowest BCUT2D eigenvalue weighted by molar-refractivity contribution is -0.141. The van der Waals surface area contributed by atoms with Gasteiger partial charge in [0.1, 0.15) is 11.3 Å². The van der Waals surface area contributed by atoms with E-state index in [1.807, 2.05) is 12.1 Å². The number of pyridine rings is 1. The third-order valence-corrected chi connectivity index (χ3v) is 5.99. The van der Waals surface area contributed by atoms with Crippen LogP contribution in [0.5, 0.6) is 0 Å². The van der Waals surface area contributed by atoms with Gasteiger partial charge >= 0.3 is 6.18 Å². The number of fused-ring (bicyclic) bond motifs is 3. The highest BCUT2D eigenvalue weighted by Gasteiger charge is 2.32. The molecule has 1 aliphatic rings. The highest BCUT2D eigenvalue weighted by atomic mass is 19.4. The quantitative estimate of drug-likeness (QED) is 0.478. The normalized spacial score (nSPS) is 15.7. The Labute approximate surface area is 181 Å². The summed E-state index contributed by atoms with van der Waals surface area (Å²) in [6, 6.07) is 9.73. The SMILES string of the molecule is CN1CCN(c2ccc3c(=O)n(C)c4cc(-c5ccnc(C(F)(F)F)c5)nn4c3c2)CC1. The number of rotatable bonds is 2. The molecule has 4 heterocycles. The van der Waals surface area contributed by atoms with E-state index in [1.165, 1.54) is 10.6 Å². The van der Waals surface area contributed by atoms with Gasteiger partial charge in [-0.25, -0.2) is 4.52 Å². The van der Waals surface area contributed by atoms with Crippen LogP contribution in [0.4, 0.5) is 18.9 Å². The van der Waals surface area contributed by atoms with Crippen molar-refractivity contribution in [2.24, 2.45) is 7.05 Å².